The molecule has 0 unspecified atom stereocenters. The molecule has 0 N–H and O–H groups in total. The quantitative estimate of drug-likeness (QED) is 0.427. The van der Waals surface area contributed by atoms with Gasteiger partial charge in [-0.2, -0.15) is 0 Å². The van der Waals surface area contributed by atoms with E-state index >= 15 is 0 Å². The summed E-state index contributed by atoms with van der Waals surface area (Å²) in [7, 11) is 0. The fourth-order valence-electron chi connectivity index (χ4n) is 2.90. The van der Waals surface area contributed by atoms with Gasteiger partial charge >= 0.3 is 0 Å². The molecule has 0 bridgehead atoms. The van der Waals surface area contributed by atoms with E-state index in [4.69, 9.17) is 0 Å². The Balaban J connectivity index is 1.82. The van der Waals surface area contributed by atoms with Gasteiger partial charge in [-0.3, -0.25) is 0 Å². The average Bonchev–Trinajstić information content (AvgIpc) is 2.55. The van der Waals surface area contributed by atoms with E-state index in [0.717, 1.165) is 6.42 Å². The summed E-state index contributed by atoms with van der Waals surface area (Å²) in [6, 6.07) is 31.4. The second-order valence-electron chi connectivity index (χ2n) is 5.39. The van der Waals surface area contributed by atoms with Crippen LogP contribution in [0.2, 0.25) is 0 Å². The summed E-state index contributed by atoms with van der Waals surface area (Å²) in [6.07, 6.45) is 0.934. The molecule has 0 saturated carbocycles. The van der Waals surface area contributed by atoms with Gasteiger partial charge < -0.3 is 0 Å². The molecular weight excluding hydrogens is 252 g/mol. The molecule has 0 heteroatoms. The maximum atomic E-state index is 3.57. The van der Waals surface area contributed by atoms with E-state index in [2.05, 4.69) is 84.9 Å². The first-order chi connectivity index (χ1) is 10.4. The van der Waals surface area contributed by atoms with Gasteiger partial charge in [0.2, 0.25) is 0 Å². The fraction of sp³-hybridized carbons (Fsp3) is 0.0476. The Labute approximate surface area is 124 Å². The zero-order valence-electron chi connectivity index (χ0n) is 11.7. The predicted octanol–water partition coefficient (Wildman–Crippen LogP) is 5.38. The minimum Gasteiger partial charge on any atom is -0.0622 e. The van der Waals surface area contributed by atoms with Crippen LogP contribution in [-0.4, -0.2) is 0 Å². The largest absolute Gasteiger partial charge is 0.0622 e. The van der Waals surface area contributed by atoms with Crippen LogP contribution in [0.1, 0.15) is 11.1 Å². The molecule has 0 atom stereocenters. The summed E-state index contributed by atoms with van der Waals surface area (Å²) in [5.41, 5.74) is 2.57. The third-order valence-corrected chi connectivity index (χ3v) is 3.95. The van der Waals surface area contributed by atoms with Gasteiger partial charge in [-0.05, 0) is 45.2 Å². The maximum absolute atomic E-state index is 3.57. The molecule has 0 saturated heterocycles. The molecule has 0 spiro atoms. The van der Waals surface area contributed by atoms with Crippen molar-refractivity contribution in [1.29, 1.82) is 0 Å². The topological polar surface area (TPSA) is 0 Å². The molecule has 4 aromatic carbocycles. The van der Waals surface area contributed by atoms with Crippen molar-refractivity contribution in [1.82, 2.24) is 0 Å². The Morgan fingerprint density at radius 3 is 2.33 bits per heavy atom. The molecule has 4 rings (SSSR count). The summed E-state index contributed by atoms with van der Waals surface area (Å²) >= 11 is 0. The van der Waals surface area contributed by atoms with E-state index in [1.54, 1.807) is 0 Å². The van der Waals surface area contributed by atoms with Crippen molar-refractivity contribution in [2.75, 3.05) is 0 Å². The summed E-state index contributed by atoms with van der Waals surface area (Å²) in [4.78, 5) is 0. The van der Waals surface area contributed by atoms with Gasteiger partial charge in [-0.15, -0.1) is 0 Å². The molecule has 0 heterocycles. The lowest BCUT2D eigenvalue weighted by Gasteiger charge is -2.06. The number of benzene rings is 4. The highest BCUT2D eigenvalue weighted by atomic mass is 14.1. The Bertz CT molecular complexity index is 905. The number of hydrogen-bond acceptors (Lipinski definition) is 0. The van der Waals surface area contributed by atoms with Crippen LogP contribution >= 0.6 is 0 Å². The predicted molar refractivity (Wildman–Crippen MR) is 89.5 cm³/mol. The fourth-order valence-corrected chi connectivity index (χ4v) is 2.90. The van der Waals surface area contributed by atoms with Crippen molar-refractivity contribution in [3.8, 4) is 0 Å². The molecule has 1 radical (unpaired) electrons. The van der Waals surface area contributed by atoms with E-state index in [1.165, 1.54) is 32.7 Å². The van der Waals surface area contributed by atoms with Gasteiger partial charge in [0, 0.05) is 0 Å². The summed E-state index contributed by atoms with van der Waals surface area (Å²) < 4.78 is 0. The minimum absolute atomic E-state index is 0.934. The second kappa shape index (κ2) is 5.06. The molecule has 99 valence electrons. The summed E-state index contributed by atoms with van der Waals surface area (Å²) in [5, 5.41) is 5.07. The van der Waals surface area contributed by atoms with Gasteiger partial charge in [0.05, 0.1) is 0 Å². The van der Waals surface area contributed by atoms with E-state index in [9.17, 15) is 0 Å². The number of rotatable bonds is 2. The smallest absolute Gasteiger partial charge is 0.00194 e. The highest BCUT2D eigenvalue weighted by molar-refractivity contribution is 6.07. The summed E-state index contributed by atoms with van der Waals surface area (Å²) in [6.45, 7) is 0. The molecule has 0 aromatic heterocycles. The number of hydrogen-bond donors (Lipinski definition) is 0. The van der Waals surface area contributed by atoms with Crippen LogP contribution in [0.3, 0.4) is 0 Å². The van der Waals surface area contributed by atoms with Crippen LogP contribution in [0.5, 0.6) is 0 Å². The van der Waals surface area contributed by atoms with Crippen molar-refractivity contribution in [2.45, 2.75) is 6.42 Å². The van der Waals surface area contributed by atoms with Crippen LogP contribution in [0.15, 0.2) is 78.9 Å². The van der Waals surface area contributed by atoms with Crippen molar-refractivity contribution < 1.29 is 0 Å². The lowest BCUT2D eigenvalue weighted by atomic mass is 9.98. The average molecular weight is 267 g/mol. The normalized spacial score (nSPS) is 11.0. The zero-order chi connectivity index (χ0) is 14.1. The second-order valence-corrected chi connectivity index (χ2v) is 5.39. The van der Waals surface area contributed by atoms with Gasteiger partial charge in [-0.25, -0.2) is 0 Å². The molecule has 0 aliphatic heterocycles. The first kappa shape index (κ1) is 12.2. The monoisotopic (exact) mass is 267 g/mol. The third-order valence-electron chi connectivity index (χ3n) is 3.95. The zero-order valence-corrected chi connectivity index (χ0v) is 11.7. The van der Waals surface area contributed by atoms with Gasteiger partial charge in [-0.1, -0.05) is 78.9 Å². The van der Waals surface area contributed by atoms with Gasteiger partial charge in [0.1, 0.15) is 0 Å². The Morgan fingerprint density at radius 2 is 1.43 bits per heavy atom. The van der Waals surface area contributed by atoms with Crippen molar-refractivity contribution in [3.63, 3.8) is 0 Å². The van der Waals surface area contributed by atoms with Crippen LogP contribution in [-0.2, 0) is 6.42 Å². The van der Waals surface area contributed by atoms with Crippen LogP contribution in [0.25, 0.3) is 21.5 Å². The minimum atomic E-state index is 0.934. The van der Waals surface area contributed by atoms with Crippen molar-refractivity contribution in [3.05, 3.63) is 96.1 Å². The van der Waals surface area contributed by atoms with E-state index < -0.39 is 0 Å². The summed E-state index contributed by atoms with van der Waals surface area (Å²) in [5.74, 6) is 0. The van der Waals surface area contributed by atoms with Crippen molar-refractivity contribution in [2.24, 2.45) is 0 Å². The van der Waals surface area contributed by atoms with E-state index in [-0.39, 0.29) is 0 Å². The Morgan fingerprint density at radius 1 is 0.619 bits per heavy atom. The highest BCUT2D eigenvalue weighted by Gasteiger charge is 2.02. The lowest BCUT2D eigenvalue weighted by molar-refractivity contribution is 1.20. The third kappa shape index (κ3) is 2.30. The first-order valence-corrected chi connectivity index (χ1v) is 7.27. The Hall–Kier alpha value is -2.60. The molecule has 0 nitrogen and oxygen atoms in total. The first-order valence-electron chi connectivity index (χ1n) is 7.27. The van der Waals surface area contributed by atoms with E-state index in [0.29, 0.717) is 0 Å². The number of fused-ring (bicyclic) bond motifs is 3. The van der Waals surface area contributed by atoms with Crippen molar-refractivity contribution >= 4 is 21.5 Å². The van der Waals surface area contributed by atoms with Gasteiger partial charge in [0.25, 0.3) is 0 Å². The Kier molecular flexibility index (Phi) is 2.93. The van der Waals surface area contributed by atoms with Crippen LogP contribution in [0.4, 0.5) is 0 Å². The van der Waals surface area contributed by atoms with Crippen LogP contribution in [0, 0.1) is 6.07 Å². The SMILES string of the molecule is [c]1c(Cc2ccccc2)ccc2c1ccc1ccccc12. The van der Waals surface area contributed by atoms with E-state index in [1.807, 2.05) is 0 Å². The maximum Gasteiger partial charge on any atom is -0.00194 e. The van der Waals surface area contributed by atoms with Crippen LogP contribution < -0.4 is 0 Å². The van der Waals surface area contributed by atoms with Gasteiger partial charge in [0.15, 0.2) is 0 Å². The highest BCUT2D eigenvalue weighted by Crippen LogP contribution is 2.26. The standard InChI is InChI=1S/C21H15/c1-2-6-16(7-3-1)14-17-10-13-21-19(15-17)12-11-18-8-4-5-9-20(18)21/h1-13H,14H2. The molecule has 4 aromatic rings. The molecule has 0 aliphatic carbocycles. The lowest BCUT2D eigenvalue weighted by Crippen LogP contribution is -1.88. The molecule has 21 heavy (non-hydrogen) atoms. The molecule has 0 aliphatic rings. The molecular formula is C21H15. The molecule has 0 amide bonds. The molecule has 0 fully saturated rings.